The summed E-state index contributed by atoms with van der Waals surface area (Å²) in [4.78, 5) is 0.391. The summed E-state index contributed by atoms with van der Waals surface area (Å²) in [6.07, 6.45) is -0.0192. The number of benzene rings is 1. The second kappa shape index (κ2) is 4.64. The van der Waals surface area contributed by atoms with Gasteiger partial charge in [0.1, 0.15) is 0 Å². The van der Waals surface area contributed by atoms with Crippen molar-refractivity contribution in [1.29, 1.82) is 0 Å². The summed E-state index contributed by atoms with van der Waals surface area (Å²) in [6, 6.07) is 3.76. The summed E-state index contributed by atoms with van der Waals surface area (Å²) < 4.78 is 26.5. The number of rotatable bonds is 2. The lowest BCUT2D eigenvalue weighted by Gasteiger charge is -2.19. The number of aliphatic hydroxyl groups is 1. The van der Waals surface area contributed by atoms with E-state index in [2.05, 4.69) is 0 Å². The van der Waals surface area contributed by atoms with E-state index in [4.69, 9.17) is 0 Å². The van der Waals surface area contributed by atoms with Crippen molar-refractivity contribution in [2.24, 2.45) is 0 Å². The van der Waals surface area contributed by atoms with Gasteiger partial charge in [0.25, 0.3) is 0 Å². The molecular weight excluding hydrogens is 250 g/mol. The number of hydrogen-bond acceptors (Lipinski definition) is 3. The van der Waals surface area contributed by atoms with Crippen molar-refractivity contribution in [2.75, 3.05) is 13.1 Å². The molecule has 1 fully saturated rings. The van der Waals surface area contributed by atoms with Crippen molar-refractivity contribution in [3.05, 3.63) is 28.8 Å². The summed E-state index contributed by atoms with van der Waals surface area (Å²) in [5.41, 5.74) is 2.60. The molecule has 18 heavy (non-hydrogen) atoms. The first kappa shape index (κ1) is 13.5. The third-order valence-electron chi connectivity index (χ3n) is 3.33. The molecule has 100 valence electrons. The summed E-state index contributed by atoms with van der Waals surface area (Å²) in [6.45, 7) is 6.19. The van der Waals surface area contributed by atoms with E-state index in [1.165, 1.54) is 4.31 Å². The number of aliphatic hydroxyl groups excluding tert-OH is 1. The van der Waals surface area contributed by atoms with Crippen molar-refractivity contribution < 1.29 is 13.5 Å². The lowest BCUT2D eigenvalue weighted by molar-refractivity contribution is 0.189. The maximum Gasteiger partial charge on any atom is 0.243 e. The quantitative estimate of drug-likeness (QED) is 0.882. The number of nitrogens with zero attached hydrogens (tertiary/aromatic N) is 1. The molecule has 0 radical (unpaired) electrons. The second-order valence-corrected chi connectivity index (χ2v) is 6.91. The first-order valence-electron chi connectivity index (χ1n) is 6.08. The lowest BCUT2D eigenvalue weighted by Crippen LogP contribution is -2.30. The highest BCUT2D eigenvalue weighted by molar-refractivity contribution is 7.89. The maximum atomic E-state index is 12.5. The van der Waals surface area contributed by atoms with E-state index in [9.17, 15) is 13.5 Å². The van der Waals surface area contributed by atoms with Crippen LogP contribution in [0.15, 0.2) is 17.0 Å². The van der Waals surface area contributed by atoms with Gasteiger partial charge >= 0.3 is 0 Å². The van der Waals surface area contributed by atoms with Gasteiger partial charge in [-0.05, 0) is 38.3 Å². The monoisotopic (exact) mass is 269 g/mol. The largest absolute Gasteiger partial charge is 0.392 e. The van der Waals surface area contributed by atoms with Crippen molar-refractivity contribution in [2.45, 2.75) is 38.2 Å². The van der Waals surface area contributed by atoms with E-state index >= 15 is 0 Å². The van der Waals surface area contributed by atoms with Gasteiger partial charge < -0.3 is 5.11 Å². The van der Waals surface area contributed by atoms with E-state index in [1.54, 1.807) is 0 Å². The zero-order valence-corrected chi connectivity index (χ0v) is 11.8. The van der Waals surface area contributed by atoms with Crippen LogP contribution in [0.2, 0.25) is 0 Å². The summed E-state index contributed by atoms with van der Waals surface area (Å²) in [5, 5.41) is 9.49. The molecule has 1 atom stereocenters. The van der Waals surface area contributed by atoms with Crippen molar-refractivity contribution in [1.82, 2.24) is 4.31 Å². The zero-order valence-electron chi connectivity index (χ0n) is 11.0. The third kappa shape index (κ3) is 2.30. The van der Waals surface area contributed by atoms with Gasteiger partial charge in [-0.3, -0.25) is 0 Å². The first-order valence-corrected chi connectivity index (χ1v) is 7.52. The van der Waals surface area contributed by atoms with E-state index in [0.717, 1.165) is 16.7 Å². The third-order valence-corrected chi connectivity index (χ3v) is 5.50. The van der Waals surface area contributed by atoms with Gasteiger partial charge in [0.15, 0.2) is 0 Å². The predicted octanol–water partition coefficient (Wildman–Crippen LogP) is 1.37. The van der Waals surface area contributed by atoms with Gasteiger partial charge in [-0.1, -0.05) is 17.7 Å². The molecule has 5 heteroatoms. The van der Waals surface area contributed by atoms with Gasteiger partial charge in [-0.2, -0.15) is 4.31 Å². The highest BCUT2D eigenvalue weighted by Gasteiger charge is 2.33. The Morgan fingerprint density at radius 1 is 1.22 bits per heavy atom. The number of hydrogen-bond donors (Lipinski definition) is 1. The fourth-order valence-electron chi connectivity index (χ4n) is 2.63. The lowest BCUT2D eigenvalue weighted by atomic mass is 10.1. The number of aryl methyl sites for hydroxylation is 3. The van der Waals surface area contributed by atoms with E-state index in [-0.39, 0.29) is 6.54 Å². The predicted molar refractivity (Wildman–Crippen MR) is 70.0 cm³/mol. The molecule has 1 aliphatic heterocycles. The molecule has 1 aromatic rings. The van der Waals surface area contributed by atoms with Crippen molar-refractivity contribution in [3.63, 3.8) is 0 Å². The van der Waals surface area contributed by atoms with Gasteiger partial charge in [-0.15, -0.1) is 0 Å². The minimum atomic E-state index is -3.48. The Hall–Kier alpha value is -0.910. The topological polar surface area (TPSA) is 57.6 Å². The summed E-state index contributed by atoms with van der Waals surface area (Å²) in [7, 11) is -3.48. The zero-order chi connectivity index (χ0) is 13.5. The van der Waals surface area contributed by atoms with E-state index < -0.39 is 16.1 Å². The standard InChI is InChI=1S/C13H19NO3S/c1-9-6-10(2)13(11(3)7-9)18(16,17)14-5-4-12(15)8-14/h6-7,12,15H,4-5,8H2,1-3H3. The molecule has 0 aromatic heterocycles. The molecule has 0 aliphatic carbocycles. The molecular formula is C13H19NO3S. The number of sulfonamides is 1. The molecule has 1 saturated heterocycles. The highest BCUT2D eigenvalue weighted by atomic mass is 32.2. The van der Waals surface area contributed by atoms with Crippen LogP contribution < -0.4 is 0 Å². The Labute approximate surface area is 108 Å². The van der Waals surface area contributed by atoms with Crippen LogP contribution in [0.1, 0.15) is 23.1 Å². The van der Waals surface area contributed by atoms with Crippen molar-refractivity contribution in [3.8, 4) is 0 Å². The molecule has 2 rings (SSSR count). The molecule has 1 unspecified atom stereocenters. The first-order chi connectivity index (χ1) is 8.32. The van der Waals surface area contributed by atoms with E-state index in [0.29, 0.717) is 17.9 Å². The van der Waals surface area contributed by atoms with Gasteiger partial charge in [0, 0.05) is 13.1 Å². The summed E-state index contributed by atoms with van der Waals surface area (Å²) in [5.74, 6) is 0. The molecule has 0 bridgehead atoms. The van der Waals surface area contributed by atoms with E-state index in [1.807, 2.05) is 32.9 Å². The maximum absolute atomic E-state index is 12.5. The fourth-order valence-corrected chi connectivity index (χ4v) is 4.54. The Balaban J connectivity index is 2.48. The molecule has 1 N–H and O–H groups in total. The average Bonchev–Trinajstić information content (AvgIpc) is 2.63. The Kier molecular flexibility index (Phi) is 3.49. The Morgan fingerprint density at radius 3 is 2.22 bits per heavy atom. The second-order valence-electron chi connectivity index (χ2n) is 5.03. The minimum Gasteiger partial charge on any atom is -0.392 e. The van der Waals surface area contributed by atoms with Crippen LogP contribution in [0.3, 0.4) is 0 Å². The van der Waals surface area contributed by atoms with Gasteiger partial charge in [-0.25, -0.2) is 8.42 Å². The Bertz CT molecular complexity index is 543. The molecule has 1 heterocycles. The smallest absolute Gasteiger partial charge is 0.243 e. The average molecular weight is 269 g/mol. The molecule has 0 saturated carbocycles. The highest BCUT2D eigenvalue weighted by Crippen LogP contribution is 2.27. The SMILES string of the molecule is Cc1cc(C)c(S(=O)(=O)N2CCC(O)C2)c(C)c1. The number of β-amino-alcohol motifs (C(OH)–C–C–N with tert-alkyl or cyclic N) is 1. The van der Waals surface area contributed by atoms with Crippen LogP contribution in [0.4, 0.5) is 0 Å². The van der Waals surface area contributed by atoms with Crippen LogP contribution in [0, 0.1) is 20.8 Å². The molecule has 0 amide bonds. The Morgan fingerprint density at radius 2 is 1.78 bits per heavy atom. The van der Waals surface area contributed by atoms with Crippen LogP contribution in [-0.4, -0.2) is 37.0 Å². The fraction of sp³-hybridized carbons (Fsp3) is 0.538. The minimum absolute atomic E-state index is 0.203. The normalized spacial score (nSPS) is 21.4. The van der Waals surface area contributed by atoms with Gasteiger partial charge in [0.2, 0.25) is 10.0 Å². The van der Waals surface area contributed by atoms with Crippen LogP contribution in [0.5, 0.6) is 0 Å². The van der Waals surface area contributed by atoms with Crippen molar-refractivity contribution >= 4 is 10.0 Å². The molecule has 0 spiro atoms. The van der Waals surface area contributed by atoms with Gasteiger partial charge in [0.05, 0.1) is 11.0 Å². The molecule has 4 nitrogen and oxygen atoms in total. The summed E-state index contributed by atoms with van der Waals surface area (Å²) >= 11 is 0. The molecule has 1 aliphatic rings. The molecule has 1 aromatic carbocycles. The van der Waals surface area contributed by atoms with Crippen LogP contribution in [-0.2, 0) is 10.0 Å². The van der Waals surface area contributed by atoms with Crippen LogP contribution in [0.25, 0.3) is 0 Å². The van der Waals surface area contributed by atoms with Crippen LogP contribution >= 0.6 is 0 Å².